The van der Waals surface area contributed by atoms with Crippen LogP contribution in [0.25, 0.3) is 0 Å². The zero-order valence-electron chi connectivity index (χ0n) is 11.9. The first-order chi connectivity index (χ1) is 6.92. The van der Waals surface area contributed by atoms with Gasteiger partial charge in [0.15, 0.2) is 0 Å². The molecule has 0 aromatic heterocycles. The molecule has 0 spiro atoms. The second-order valence-corrected chi connectivity index (χ2v) is 17.0. The molecule has 0 heterocycles. The zero-order valence-corrected chi connectivity index (χ0v) is 14.3. The topological polar surface area (TPSA) is 3.24 Å². The Morgan fingerprint density at radius 1 is 0.867 bits per heavy atom. The predicted molar refractivity (Wildman–Crippen MR) is 77.9 cm³/mol. The summed E-state index contributed by atoms with van der Waals surface area (Å²) in [6, 6.07) is 6.02. The van der Waals surface area contributed by atoms with E-state index < -0.39 is 7.59 Å². The van der Waals surface area contributed by atoms with Crippen molar-refractivity contribution in [2.45, 2.75) is 78.7 Å². The second-order valence-electron chi connectivity index (χ2n) is 5.42. The molecule has 0 aliphatic rings. The number of nitrogens with zero attached hydrogens (tertiary/aromatic N) is 1. The molecular weight excluding hydrogens is 214 g/mol. The van der Waals surface area contributed by atoms with Crippen LogP contribution in [0.15, 0.2) is 0 Å². The van der Waals surface area contributed by atoms with E-state index in [1.807, 2.05) is 0 Å². The highest BCUT2D eigenvalue weighted by Gasteiger charge is 2.31. The fourth-order valence-corrected chi connectivity index (χ4v) is 12.6. The minimum atomic E-state index is -0.841. The Hall–Kier alpha value is 0.394. The van der Waals surface area contributed by atoms with E-state index in [0.29, 0.717) is 0 Å². The lowest BCUT2D eigenvalue weighted by Gasteiger charge is -2.39. The summed E-state index contributed by atoms with van der Waals surface area (Å²) in [6.45, 7) is 16.8. The summed E-state index contributed by atoms with van der Waals surface area (Å²) in [6.07, 6.45) is 0. The minimum absolute atomic E-state index is 0.00965. The number of hydrogen-bond donors (Lipinski definition) is 0. The Morgan fingerprint density at radius 2 is 1.20 bits per heavy atom. The Kier molecular flexibility index (Phi) is 7.05. The first-order valence-corrected chi connectivity index (χ1v) is 12.3. The maximum absolute atomic E-state index is 2.84. The zero-order chi connectivity index (χ0) is 12.1. The van der Waals surface area contributed by atoms with Crippen LogP contribution < -0.4 is 0 Å². The van der Waals surface area contributed by atoms with Gasteiger partial charge in [-0.2, -0.15) is 0 Å². The lowest BCUT2D eigenvalue weighted by atomic mass is 10.3. The quantitative estimate of drug-likeness (QED) is 0.623. The summed E-state index contributed by atoms with van der Waals surface area (Å²) in [7, 11) is -0.832. The van der Waals surface area contributed by atoms with E-state index in [1.165, 1.54) is 18.1 Å². The molecule has 15 heavy (non-hydrogen) atoms. The third-order valence-electron chi connectivity index (χ3n) is 4.09. The van der Waals surface area contributed by atoms with Crippen molar-refractivity contribution in [2.24, 2.45) is 0 Å². The lowest BCUT2D eigenvalue weighted by molar-refractivity contribution is 0.316. The molecule has 1 nitrogen and oxygen atoms in total. The molecule has 3 heteroatoms. The normalized spacial score (nSPS) is 14.0. The SMILES string of the molecule is CC[Si](CC)(CC)[SiH2]N(C(C)C)C(C)C. The van der Waals surface area contributed by atoms with Crippen molar-refractivity contribution in [3.8, 4) is 0 Å². The van der Waals surface area contributed by atoms with Crippen LogP contribution in [0.1, 0.15) is 48.5 Å². The lowest BCUT2D eigenvalue weighted by Crippen LogP contribution is -2.54. The fraction of sp³-hybridized carbons (Fsp3) is 1.00. The van der Waals surface area contributed by atoms with Gasteiger partial charge in [-0.1, -0.05) is 66.6 Å². The first kappa shape index (κ1) is 15.4. The van der Waals surface area contributed by atoms with Gasteiger partial charge in [-0.25, -0.2) is 0 Å². The summed E-state index contributed by atoms with van der Waals surface area (Å²) >= 11 is 0. The largest absolute Gasteiger partial charge is 0.327 e. The predicted octanol–water partition coefficient (Wildman–Crippen LogP) is 3.19. The van der Waals surface area contributed by atoms with Crippen molar-refractivity contribution < 1.29 is 0 Å². The van der Waals surface area contributed by atoms with Crippen molar-refractivity contribution in [1.82, 2.24) is 4.57 Å². The minimum Gasteiger partial charge on any atom is -0.327 e. The first-order valence-electron chi connectivity index (χ1n) is 6.68. The Balaban J connectivity index is 4.61. The van der Waals surface area contributed by atoms with Gasteiger partial charge in [0.2, 0.25) is 0 Å². The van der Waals surface area contributed by atoms with Gasteiger partial charge in [0, 0.05) is 0 Å². The van der Waals surface area contributed by atoms with E-state index in [0.717, 1.165) is 12.1 Å². The average Bonchev–Trinajstić information content (AvgIpc) is 2.20. The van der Waals surface area contributed by atoms with Crippen molar-refractivity contribution in [3.05, 3.63) is 0 Å². The van der Waals surface area contributed by atoms with Crippen molar-refractivity contribution in [2.75, 3.05) is 0 Å². The third-order valence-corrected chi connectivity index (χ3v) is 18.7. The highest BCUT2D eigenvalue weighted by atomic mass is 29.2. The van der Waals surface area contributed by atoms with E-state index in [4.69, 9.17) is 0 Å². The Bertz CT molecular complexity index is 149. The molecule has 0 saturated heterocycles. The summed E-state index contributed by atoms with van der Waals surface area (Å²) in [5.74, 6) is 0. The molecule has 0 N–H and O–H groups in total. The van der Waals surface area contributed by atoms with E-state index in [9.17, 15) is 0 Å². The molecule has 0 aromatic rings. The van der Waals surface area contributed by atoms with Crippen LogP contribution >= 0.6 is 0 Å². The molecule has 0 amide bonds. The van der Waals surface area contributed by atoms with Crippen LogP contribution in [0.2, 0.25) is 18.1 Å². The fourth-order valence-electron chi connectivity index (χ4n) is 2.43. The molecule has 0 bridgehead atoms. The number of hydrogen-bond acceptors (Lipinski definition) is 1. The molecule has 0 rings (SSSR count). The molecule has 0 unspecified atom stereocenters. The molecule has 0 atom stereocenters. The monoisotopic (exact) mass is 245 g/mol. The van der Waals surface area contributed by atoms with Crippen LogP contribution in [-0.2, 0) is 0 Å². The van der Waals surface area contributed by atoms with Gasteiger partial charge in [-0.3, -0.25) is 0 Å². The smallest absolute Gasteiger partial charge is 0.0876 e. The highest BCUT2D eigenvalue weighted by molar-refractivity contribution is 7.23. The van der Waals surface area contributed by atoms with Crippen LogP contribution in [0.5, 0.6) is 0 Å². The van der Waals surface area contributed by atoms with Crippen molar-refractivity contribution >= 4 is 16.8 Å². The van der Waals surface area contributed by atoms with Gasteiger partial charge in [-0.15, -0.1) is 0 Å². The molecule has 0 aromatic carbocycles. The van der Waals surface area contributed by atoms with Crippen LogP contribution in [-0.4, -0.2) is 33.4 Å². The van der Waals surface area contributed by atoms with E-state index in [1.54, 1.807) is 0 Å². The summed E-state index contributed by atoms with van der Waals surface area (Å²) < 4.78 is 2.84. The maximum Gasteiger partial charge on any atom is 0.0876 e. The molecule has 0 saturated carbocycles. The summed E-state index contributed by atoms with van der Waals surface area (Å²) in [5, 5.41) is 0. The average molecular weight is 246 g/mol. The molecular formula is C12H31NSi2. The van der Waals surface area contributed by atoms with Crippen molar-refractivity contribution in [3.63, 3.8) is 0 Å². The molecule has 0 aliphatic heterocycles. The Morgan fingerprint density at radius 3 is 1.40 bits per heavy atom. The highest BCUT2D eigenvalue weighted by Crippen LogP contribution is 2.21. The van der Waals surface area contributed by atoms with E-state index in [2.05, 4.69) is 53.0 Å². The van der Waals surface area contributed by atoms with Crippen LogP contribution in [0.3, 0.4) is 0 Å². The summed E-state index contributed by atoms with van der Waals surface area (Å²) in [5.41, 5.74) is 0. The summed E-state index contributed by atoms with van der Waals surface area (Å²) in [4.78, 5) is 0. The van der Waals surface area contributed by atoms with Crippen LogP contribution in [0, 0.1) is 0 Å². The molecule has 92 valence electrons. The van der Waals surface area contributed by atoms with E-state index in [-0.39, 0.29) is 9.20 Å². The van der Waals surface area contributed by atoms with Gasteiger partial charge >= 0.3 is 0 Å². The third kappa shape index (κ3) is 4.41. The molecule has 0 fully saturated rings. The standard InChI is InChI=1S/C12H31NSi2/c1-8-15(9-2,10-3)14-13(11(4)5)12(6)7/h11-12H,8-10,14H2,1-7H3. The molecule has 0 radical (unpaired) electrons. The van der Waals surface area contributed by atoms with Gasteiger partial charge in [0.25, 0.3) is 0 Å². The van der Waals surface area contributed by atoms with Gasteiger partial charge in [0.1, 0.15) is 0 Å². The maximum atomic E-state index is 2.84. The Labute approximate surface area is 100 Å². The van der Waals surface area contributed by atoms with Crippen LogP contribution in [0.4, 0.5) is 0 Å². The number of rotatable bonds is 7. The van der Waals surface area contributed by atoms with Gasteiger partial charge in [0.05, 0.1) is 16.8 Å². The molecule has 0 aliphatic carbocycles. The van der Waals surface area contributed by atoms with Crippen molar-refractivity contribution in [1.29, 1.82) is 0 Å². The van der Waals surface area contributed by atoms with Gasteiger partial charge < -0.3 is 4.57 Å². The van der Waals surface area contributed by atoms with Gasteiger partial charge in [-0.05, 0) is 12.1 Å². The second kappa shape index (κ2) is 6.87. The van der Waals surface area contributed by atoms with E-state index >= 15 is 0 Å².